The molecule has 2 rings (SSSR count). The Labute approximate surface area is 125 Å². The van der Waals surface area contributed by atoms with E-state index in [4.69, 9.17) is 10.9 Å². The normalized spacial score (nSPS) is 17.2. The van der Waals surface area contributed by atoms with Gasteiger partial charge in [-0.25, -0.2) is 4.98 Å². The van der Waals surface area contributed by atoms with E-state index in [0.717, 1.165) is 4.47 Å². The van der Waals surface area contributed by atoms with E-state index in [1.807, 2.05) is 4.90 Å². The topological polar surface area (TPSA) is 95.0 Å². The van der Waals surface area contributed by atoms with Gasteiger partial charge < -0.3 is 15.8 Å². The molecule has 3 N–H and O–H groups in total. The van der Waals surface area contributed by atoms with E-state index in [2.05, 4.69) is 26.1 Å². The largest absolute Gasteiger partial charge is 0.409 e. The summed E-state index contributed by atoms with van der Waals surface area (Å²) in [5.74, 6) is 0.111. The number of hydrogen-bond donors (Lipinski definition) is 2. The maximum absolute atomic E-state index is 12.2. The van der Waals surface area contributed by atoms with Gasteiger partial charge in [0, 0.05) is 36.8 Å². The fourth-order valence-corrected chi connectivity index (χ4v) is 2.27. The van der Waals surface area contributed by atoms with Crippen molar-refractivity contribution in [2.24, 2.45) is 10.9 Å². The number of nitrogens with zero attached hydrogens (tertiary/aromatic N) is 4. The molecule has 108 valence electrons. The average Bonchev–Trinajstić information content (AvgIpc) is 2.48. The molecule has 1 saturated heterocycles. The lowest BCUT2D eigenvalue weighted by Crippen LogP contribution is -2.50. The lowest BCUT2D eigenvalue weighted by atomic mass is 10.2. The van der Waals surface area contributed by atoms with Crippen LogP contribution in [0.4, 0.5) is 0 Å². The van der Waals surface area contributed by atoms with E-state index in [0.29, 0.717) is 38.4 Å². The molecule has 1 fully saturated rings. The number of oxime groups is 1. The van der Waals surface area contributed by atoms with Crippen LogP contribution in [0.2, 0.25) is 0 Å². The summed E-state index contributed by atoms with van der Waals surface area (Å²) in [6.45, 7) is 3.01. The SMILES string of the molecule is NC(CN1CCN(C(=O)c2ccc(Br)cn2)CC1)=NO. The highest BCUT2D eigenvalue weighted by atomic mass is 79.9. The third-order valence-electron chi connectivity index (χ3n) is 3.12. The number of amides is 1. The van der Waals surface area contributed by atoms with E-state index in [9.17, 15) is 4.79 Å². The minimum Gasteiger partial charge on any atom is -0.409 e. The molecule has 1 aliphatic rings. The number of hydrogen-bond acceptors (Lipinski definition) is 5. The van der Waals surface area contributed by atoms with Crippen molar-refractivity contribution in [1.29, 1.82) is 0 Å². The second-order valence-electron chi connectivity index (χ2n) is 4.52. The maximum atomic E-state index is 12.2. The van der Waals surface area contributed by atoms with Crippen LogP contribution in [0.5, 0.6) is 0 Å². The van der Waals surface area contributed by atoms with Gasteiger partial charge in [-0.1, -0.05) is 5.16 Å². The molecule has 1 aliphatic heterocycles. The Kier molecular flexibility index (Phi) is 4.91. The number of piperazine rings is 1. The van der Waals surface area contributed by atoms with E-state index in [-0.39, 0.29) is 11.7 Å². The second-order valence-corrected chi connectivity index (χ2v) is 5.44. The quantitative estimate of drug-likeness (QED) is 0.358. The molecular formula is C12H16BrN5O2. The standard InChI is InChI=1S/C12H16BrN5O2/c13-9-1-2-10(15-7-9)12(19)18-5-3-17(4-6-18)8-11(14)16-20/h1-2,7,20H,3-6,8H2,(H2,14,16). The first-order valence-electron chi connectivity index (χ1n) is 6.19. The Balaban J connectivity index is 1.90. The van der Waals surface area contributed by atoms with Gasteiger partial charge in [0.1, 0.15) is 5.69 Å². The molecule has 1 aromatic rings. The molecule has 0 spiro atoms. The molecule has 0 atom stereocenters. The maximum Gasteiger partial charge on any atom is 0.272 e. The first-order valence-corrected chi connectivity index (χ1v) is 6.99. The average molecular weight is 342 g/mol. The van der Waals surface area contributed by atoms with Crippen LogP contribution < -0.4 is 5.73 Å². The van der Waals surface area contributed by atoms with Crippen molar-refractivity contribution in [3.05, 3.63) is 28.5 Å². The first-order chi connectivity index (χ1) is 9.60. The summed E-state index contributed by atoms with van der Waals surface area (Å²) < 4.78 is 0.845. The summed E-state index contributed by atoms with van der Waals surface area (Å²) in [4.78, 5) is 20.1. The van der Waals surface area contributed by atoms with Gasteiger partial charge in [0.05, 0.1) is 6.54 Å². The number of rotatable bonds is 3. The predicted octanol–water partition coefficient (Wildman–Crippen LogP) is 0.348. The number of carbonyl (C=O) groups excluding carboxylic acids is 1. The molecule has 2 heterocycles. The Hall–Kier alpha value is -1.67. The van der Waals surface area contributed by atoms with Gasteiger partial charge >= 0.3 is 0 Å². The van der Waals surface area contributed by atoms with Crippen LogP contribution in [0.1, 0.15) is 10.5 Å². The van der Waals surface area contributed by atoms with Crippen molar-refractivity contribution >= 4 is 27.7 Å². The molecule has 1 amide bonds. The molecule has 0 unspecified atom stereocenters. The zero-order chi connectivity index (χ0) is 14.5. The number of halogens is 1. The Morgan fingerprint density at radius 2 is 2.10 bits per heavy atom. The number of aromatic nitrogens is 1. The van der Waals surface area contributed by atoms with Crippen LogP contribution >= 0.6 is 15.9 Å². The molecular weight excluding hydrogens is 326 g/mol. The smallest absolute Gasteiger partial charge is 0.272 e. The monoisotopic (exact) mass is 341 g/mol. The van der Waals surface area contributed by atoms with E-state index in [1.54, 1.807) is 23.2 Å². The Bertz CT molecular complexity index is 497. The zero-order valence-electron chi connectivity index (χ0n) is 10.9. The van der Waals surface area contributed by atoms with Crippen molar-refractivity contribution in [3.8, 4) is 0 Å². The molecule has 7 nitrogen and oxygen atoms in total. The third-order valence-corrected chi connectivity index (χ3v) is 3.59. The minimum atomic E-state index is -0.0686. The van der Waals surface area contributed by atoms with E-state index in [1.165, 1.54) is 0 Å². The van der Waals surface area contributed by atoms with Crippen molar-refractivity contribution < 1.29 is 10.0 Å². The molecule has 0 radical (unpaired) electrons. The summed E-state index contributed by atoms with van der Waals surface area (Å²) in [6, 6.07) is 3.50. The highest BCUT2D eigenvalue weighted by molar-refractivity contribution is 9.10. The lowest BCUT2D eigenvalue weighted by Gasteiger charge is -2.34. The Morgan fingerprint density at radius 3 is 2.65 bits per heavy atom. The minimum absolute atomic E-state index is 0.0686. The second kappa shape index (κ2) is 6.67. The van der Waals surface area contributed by atoms with Crippen LogP contribution in [-0.2, 0) is 0 Å². The highest BCUT2D eigenvalue weighted by Crippen LogP contribution is 2.11. The van der Waals surface area contributed by atoms with Gasteiger partial charge in [-0.15, -0.1) is 0 Å². The molecule has 20 heavy (non-hydrogen) atoms. The van der Waals surface area contributed by atoms with Gasteiger partial charge in [-0.3, -0.25) is 9.69 Å². The van der Waals surface area contributed by atoms with Gasteiger partial charge in [0.15, 0.2) is 5.84 Å². The third kappa shape index (κ3) is 3.67. The number of amidine groups is 1. The van der Waals surface area contributed by atoms with Crippen molar-refractivity contribution in [1.82, 2.24) is 14.8 Å². The van der Waals surface area contributed by atoms with Crippen molar-refractivity contribution in [2.75, 3.05) is 32.7 Å². The molecule has 0 bridgehead atoms. The van der Waals surface area contributed by atoms with Crippen molar-refractivity contribution in [3.63, 3.8) is 0 Å². The van der Waals surface area contributed by atoms with E-state index < -0.39 is 0 Å². The van der Waals surface area contributed by atoms with Crippen LogP contribution in [-0.4, -0.2) is 64.5 Å². The van der Waals surface area contributed by atoms with Crippen LogP contribution in [0.25, 0.3) is 0 Å². The fraction of sp³-hybridized carbons (Fsp3) is 0.417. The predicted molar refractivity (Wildman–Crippen MR) is 77.7 cm³/mol. The molecule has 0 aliphatic carbocycles. The van der Waals surface area contributed by atoms with Gasteiger partial charge in [0.2, 0.25) is 0 Å². The highest BCUT2D eigenvalue weighted by Gasteiger charge is 2.23. The summed E-state index contributed by atoms with van der Waals surface area (Å²) in [6.07, 6.45) is 1.61. The van der Waals surface area contributed by atoms with Crippen molar-refractivity contribution in [2.45, 2.75) is 0 Å². The van der Waals surface area contributed by atoms with Crippen LogP contribution in [0, 0.1) is 0 Å². The lowest BCUT2D eigenvalue weighted by molar-refractivity contribution is 0.0647. The van der Waals surface area contributed by atoms with E-state index >= 15 is 0 Å². The summed E-state index contributed by atoms with van der Waals surface area (Å²) in [5.41, 5.74) is 5.91. The summed E-state index contributed by atoms with van der Waals surface area (Å²) in [5, 5.41) is 11.5. The molecule has 1 aromatic heterocycles. The Morgan fingerprint density at radius 1 is 1.40 bits per heavy atom. The number of nitrogens with two attached hydrogens (primary N) is 1. The molecule has 0 aromatic carbocycles. The fourth-order valence-electron chi connectivity index (χ4n) is 2.03. The molecule has 0 saturated carbocycles. The first kappa shape index (κ1) is 14.7. The molecule has 8 heteroatoms. The zero-order valence-corrected chi connectivity index (χ0v) is 12.5. The van der Waals surface area contributed by atoms with Gasteiger partial charge in [-0.05, 0) is 28.1 Å². The summed E-state index contributed by atoms with van der Waals surface area (Å²) >= 11 is 3.29. The van der Waals surface area contributed by atoms with Crippen LogP contribution in [0.15, 0.2) is 28.0 Å². The van der Waals surface area contributed by atoms with Gasteiger partial charge in [-0.2, -0.15) is 0 Å². The number of carbonyl (C=O) groups is 1. The summed E-state index contributed by atoms with van der Waals surface area (Å²) in [7, 11) is 0. The number of pyridine rings is 1. The van der Waals surface area contributed by atoms with Gasteiger partial charge in [0.25, 0.3) is 5.91 Å². The van der Waals surface area contributed by atoms with Crippen LogP contribution in [0.3, 0.4) is 0 Å².